The first-order valence-electron chi connectivity index (χ1n) is 16.0. The van der Waals surface area contributed by atoms with Crippen LogP contribution in [-0.4, -0.2) is 69.2 Å². The molecule has 0 aliphatic rings. The van der Waals surface area contributed by atoms with Gasteiger partial charge in [0, 0.05) is 5.33 Å². The SMILES string of the molecule is CCCCOC(=O)c1ccc(C(=O)OCCCC)c(C)c1.COC(=O)c1ccc(C(=O)OC)c(C)c1.Cc1ccccc1C(=O)OCCBr. The van der Waals surface area contributed by atoms with Crippen LogP contribution in [0.3, 0.4) is 0 Å². The van der Waals surface area contributed by atoms with Crippen LogP contribution >= 0.6 is 15.9 Å². The van der Waals surface area contributed by atoms with E-state index < -0.39 is 11.9 Å². The number of ether oxygens (including phenoxy) is 5. The highest BCUT2D eigenvalue weighted by molar-refractivity contribution is 9.09. The van der Waals surface area contributed by atoms with Gasteiger partial charge in [0.15, 0.2) is 0 Å². The Hall–Kier alpha value is -4.51. The Balaban J connectivity index is 0.000000380. The summed E-state index contributed by atoms with van der Waals surface area (Å²) in [5, 5.41) is 0.671. The number of aryl methyl sites for hydroxylation is 3. The van der Waals surface area contributed by atoms with Crippen molar-refractivity contribution in [2.45, 2.75) is 60.3 Å². The van der Waals surface area contributed by atoms with Crippen molar-refractivity contribution >= 4 is 45.8 Å². The first-order chi connectivity index (χ1) is 23.4. The largest absolute Gasteiger partial charge is 0.465 e. The standard InChI is InChI=1S/C17H24O4.C11H12O4.C10H11BrO2/c1-4-6-10-20-16(18)14-8-9-15(13(3)12-14)17(19)21-11-7-5-2;1-7-6-8(10(12)14-2)4-5-9(7)11(13)15-3;1-8-4-2-3-5-9(8)10(12)13-7-6-11/h8-9,12H,4-7,10-11H2,1-3H3;4-6H,1-3H3;2-5H,6-7H2,1H3. The number of hydrogen-bond acceptors (Lipinski definition) is 10. The molecule has 49 heavy (non-hydrogen) atoms. The number of halogens is 1. The van der Waals surface area contributed by atoms with Gasteiger partial charge in [0.25, 0.3) is 0 Å². The molecule has 3 aromatic carbocycles. The Morgan fingerprint density at radius 3 is 1.41 bits per heavy atom. The normalized spacial score (nSPS) is 9.88. The fourth-order valence-electron chi connectivity index (χ4n) is 4.06. The molecule has 3 rings (SSSR count). The summed E-state index contributed by atoms with van der Waals surface area (Å²) >= 11 is 3.19. The van der Waals surface area contributed by atoms with E-state index in [1.807, 2.05) is 39.0 Å². The van der Waals surface area contributed by atoms with Crippen molar-refractivity contribution < 1.29 is 47.7 Å². The molecule has 0 aliphatic carbocycles. The van der Waals surface area contributed by atoms with E-state index in [4.69, 9.17) is 14.2 Å². The van der Waals surface area contributed by atoms with Crippen molar-refractivity contribution in [2.75, 3.05) is 39.4 Å². The summed E-state index contributed by atoms with van der Waals surface area (Å²) in [6, 6.07) is 17.0. The molecule has 11 heteroatoms. The number of unbranched alkanes of at least 4 members (excludes halogenated alkanes) is 2. The van der Waals surface area contributed by atoms with E-state index >= 15 is 0 Å². The van der Waals surface area contributed by atoms with Crippen molar-refractivity contribution in [1.29, 1.82) is 0 Å². The molecule has 3 aromatic rings. The molecule has 0 atom stereocenters. The number of esters is 5. The van der Waals surface area contributed by atoms with E-state index in [1.54, 1.807) is 50.2 Å². The predicted octanol–water partition coefficient (Wildman–Crippen LogP) is 8.02. The highest BCUT2D eigenvalue weighted by Crippen LogP contribution is 2.15. The van der Waals surface area contributed by atoms with E-state index in [1.165, 1.54) is 20.3 Å². The molecule has 0 unspecified atom stereocenters. The van der Waals surface area contributed by atoms with Gasteiger partial charge in [-0.1, -0.05) is 60.8 Å². The minimum absolute atomic E-state index is 0.252. The third kappa shape index (κ3) is 15.1. The van der Waals surface area contributed by atoms with Crippen LogP contribution in [0.5, 0.6) is 0 Å². The van der Waals surface area contributed by atoms with Crippen molar-refractivity contribution in [2.24, 2.45) is 0 Å². The van der Waals surface area contributed by atoms with Crippen LogP contribution in [0.1, 0.15) is 108 Å². The first-order valence-corrected chi connectivity index (χ1v) is 17.1. The summed E-state index contributed by atoms with van der Waals surface area (Å²) in [5.41, 5.74) is 4.83. The van der Waals surface area contributed by atoms with E-state index in [9.17, 15) is 24.0 Å². The lowest BCUT2D eigenvalue weighted by Crippen LogP contribution is -2.11. The molecule has 0 aliphatic heterocycles. The van der Waals surface area contributed by atoms with Gasteiger partial charge in [0.1, 0.15) is 6.61 Å². The van der Waals surface area contributed by atoms with Gasteiger partial charge in [-0.15, -0.1) is 0 Å². The minimum Gasteiger partial charge on any atom is -0.465 e. The van der Waals surface area contributed by atoms with Crippen molar-refractivity contribution in [3.8, 4) is 0 Å². The topological polar surface area (TPSA) is 132 Å². The van der Waals surface area contributed by atoms with Gasteiger partial charge in [0.05, 0.1) is 55.3 Å². The molecule has 0 fully saturated rings. The zero-order valence-electron chi connectivity index (χ0n) is 29.4. The summed E-state index contributed by atoms with van der Waals surface area (Å²) in [7, 11) is 2.63. The highest BCUT2D eigenvalue weighted by atomic mass is 79.9. The fourth-order valence-corrected chi connectivity index (χ4v) is 4.22. The molecular formula is C38H47BrO10. The van der Waals surface area contributed by atoms with Gasteiger partial charge in [-0.05, 0) is 92.8 Å². The van der Waals surface area contributed by atoms with E-state index in [-0.39, 0.29) is 17.9 Å². The van der Waals surface area contributed by atoms with Crippen molar-refractivity contribution in [3.05, 3.63) is 105 Å². The highest BCUT2D eigenvalue weighted by Gasteiger charge is 2.15. The molecule has 0 N–H and O–H groups in total. The quantitative estimate of drug-likeness (QED) is 0.0734. The molecule has 0 radical (unpaired) electrons. The number of carbonyl (C=O) groups is 5. The van der Waals surface area contributed by atoms with E-state index in [0.717, 1.165) is 36.8 Å². The second-order valence-electron chi connectivity index (χ2n) is 10.7. The maximum absolute atomic E-state index is 11.9. The summed E-state index contributed by atoms with van der Waals surface area (Å²) in [4.78, 5) is 57.5. The Morgan fingerprint density at radius 1 is 0.531 bits per heavy atom. The lowest BCUT2D eigenvalue weighted by Gasteiger charge is -2.09. The van der Waals surface area contributed by atoms with Crippen LogP contribution in [0.4, 0.5) is 0 Å². The third-order valence-electron chi connectivity index (χ3n) is 6.87. The summed E-state index contributed by atoms with van der Waals surface area (Å²) < 4.78 is 24.4. The smallest absolute Gasteiger partial charge is 0.338 e. The Bertz CT molecular complexity index is 1530. The summed E-state index contributed by atoms with van der Waals surface area (Å²) in [6.45, 7) is 10.8. The summed E-state index contributed by atoms with van der Waals surface area (Å²) in [5.74, 6) is -1.78. The zero-order valence-corrected chi connectivity index (χ0v) is 31.0. The molecular weight excluding hydrogens is 696 g/mol. The van der Waals surface area contributed by atoms with Crippen LogP contribution in [-0.2, 0) is 23.7 Å². The molecule has 0 aromatic heterocycles. The molecule has 0 saturated carbocycles. The van der Waals surface area contributed by atoms with Crippen LogP contribution in [0.2, 0.25) is 0 Å². The monoisotopic (exact) mass is 742 g/mol. The fraction of sp³-hybridized carbons (Fsp3) is 0.395. The molecule has 0 spiro atoms. The second-order valence-corrected chi connectivity index (χ2v) is 11.5. The van der Waals surface area contributed by atoms with Crippen LogP contribution < -0.4 is 0 Å². The molecule has 0 bridgehead atoms. The number of rotatable bonds is 13. The van der Waals surface area contributed by atoms with Crippen LogP contribution in [0.15, 0.2) is 60.7 Å². The number of methoxy groups -OCH3 is 2. The van der Waals surface area contributed by atoms with Gasteiger partial charge in [-0.3, -0.25) is 0 Å². The van der Waals surface area contributed by atoms with E-state index in [0.29, 0.717) is 58.5 Å². The number of alkyl halides is 1. The predicted molar refractivity (Wildman–Crippen MR) is 191 cm³/mol. The Labute approximate surface area is 297 Å². The lowest BCUT2D eigenvalue weighted by molar-refractivity contribution is 0.0484. The average Bonchev–Trinajstić information content (AvgIpc) is 3.10. The van der Waals surface area contributed by atoms with Gasteiger partial charge >= 0.3 is 29.8 Å². The second kappa shape index (κ2) is 23.8. The maximum atomic E-state index is 11.9. The number of carbonyl (C=O) groups excluding carboxylic acids is 5. The molecule has 266 valence electrons. The maximum Gasteiger partial charge on any atom is 0.338 e. The van der Waals surface area contributed by atoms with E-state index in [2.05, 4.69) is 25.4 Å². The van der Waals surface area contributed by atoms with Gasteiger partial charge in [-0.2, -0.15) is 0 Å². The van der Waals surface area contributed by atoms with Crippen LogP contribution in [0, 0.1) is 20.8 Å². The average molecular weight is 744 g/mol. The zero-order chi connectivity index (χ0) is 36.8. The van der Waals surface area contributed by atoms with Crippen LogP contribution in [0.25, 0.3) is 0 Å². The van der Waals surface area contributed by atoms with Gasteiger partial charge in [-0.25, -0.2) is 24.0 Å². The lowest BCUT2D eigenvalue weighted by atomic mass is 10.1. The molecule has 0 amide bonds. The number of hydrogen-bond donors (Lipinski definition) is 0. The molecule has 0 heterocycles. The summed E-state index contributed by atoms with van der Waals surface area (Å²) in [6.07, 6.45) is 3.67. The van der Waals surface area contributed by atoms with Gasteiger partial charge < -0.3 is 23.7 Å². The minimum atomic E-state index is -0.422. The van der Waals surface area contributed by atoms with Gasteiger partial charge in [0.2, 0.25) is 0 Å². The third-order valence-corrected chi connectivity index (χ3v) is 7.20. The number of benzene rings is 3. The molecule has 10 nitrogen and oxygen atoms in total. The molecule has 0 saturated heterocycles. The Morgan fingerprint density at radius 2 is 0.959 bits per heavy atom. The first kappa shape index (κ1) is 42.5. The van der Waals surface area contributed by atoms with Crippen molar-refractivity contribution in [1.82, 2.24) is 0 Å². The Kier molecular flexibility index (Phi) is 20.6. The van der Waals surface area contributed by atoms with Crippen molar-refractivity contribution in [3.63, 3.8) is 0 Å².